The molecule has 0 saturated carbocycles. The first kappa shape index (κ1) is 11.0. The Labute approximate surface area is 87.1 Å². The van der Waals surface area contributed by atoms with E-state index in [1.807, 2.05) is 0 Å². The van der Waals surface area contributed by atoms with E-state index in [-0.39, 0.29) is 21.4 Å². The summed E-state index contributed by atoms with van der Waals surface area (Å²) in [5.41, 5.74) is -0.298. The highest BCUT2D eigenvalue weighted by Gasteiger charge is 2.16. The second-order valence-corrected chi connectivity index (χ2v) is 3.18. The molecule has 0 unspecified atom stereocenters. The molecule has 0 fully saturated rings. The maximum atomic E-state index is 12.3. The van der Waals surface area contributed by atoms with Gasteiger partial charge in [0, 0.05) is 0 Å². The Balaban J connectivity index is 3.32. The molecule has 0 spiro atoms. The molecule has 0 radical (unpaired) electrons. The summed E-state index contributed by atoms with van der Waals surface area (Å²) in [5, 5.41) is 17.4. The highest BCUT2D eigenvalue weighted by atomic mass is 79.9. The first-order valence-electron chi connectivity index (χ1n) is 3.58. The maximum absolute atomic E-state index is 12.3. The molecular formula is C8H5BrF2N2O. The van der Waals surface area contributed by atoms with Crippen molar-refractivity contribution in [2.45, 2.75) is 13.0 Å². The Morgan fingerprint density at radius 2 is 2.29 bits per heavy atom. The number of hydrogen-bond acceptors (Lipinski definition) is 3. The molecule has 1 aromatic rings. The monoisotopic (exact) mass is 262 g/mol. The summed E-state index contributed by atoms with van der Waals surface area (Å²) in [6.07, 6.45) is -2.70. The number of nitrogens with zero attached hydrogens (tertiary/aromatic N) is 2. The van der Waals surface area contributed by atoms with Gasteiger partial charge in [-0.2, -0.15) is 5.26 Å². The van der Waals surface area contributed by atoms with Crippen LogP contribution in [0.15, 0.2) is 10.7 Å². The van der Waals surface area contributed by atoms with Crippen LogP contribution in [0.2, 0.25) is 0 Å². The van der Waals surface area contributed by atoms with Crippen LogP contribution in [0, 0.1) is 11.3 Å². The van der Waals surface area contributed by atoms with E-state index in [4.69, 9.17) is 10.4 Å². The lowest BCUT2D eigenvalue weighted by Crippen LogP contribution is -1.99. The van der Waals surface area contributed by atoms with E-state index in [0.717, 1.165) is 6.07 Å². The average molecular weight is 263 g/mol. The number of rotatable bonds is 2. The summed E-state index contributed by atoms with van der Waals surface area (Å²) >= 11 is 2.84. The number of halogens is 3. The normalized spacial score (nSPS) is 10.3. The second-order valence-electron chi connectivity index (χ2n) is 2.43. The summed E-state index contributed by atoms with van der Waals surface area (Å²) in [5.74, 6) is 0. The van der Waals surface area contributed by atoms with Crippen LogP contribution in [-0.2, 0) is 6.61 Å². The molecule has 0 bridgehead atoms. The Morgan fingerprint density at radius 1 is 1.64 bits per heavy atom. The molecule has 1 N–H and O–H groups in total. The number of aliphatic hydroxyl groups excluding tert-OH is 1. The molecule has 0 amide bonds. The molecule has 0 atom stereocenters. The van der Waals surface area contributed by atoms with Crippen LogP contribution < -0.4 is 0 Å². The number of pyridine rings is 1. The van der Waals surface area contributed by atoms with Crippen molar-refractivity contribution >= 4 is 15.9 Å². The third kappa shape index (κ3) is 2.05. The average Bonchev–Trinajstić information content (AvgIpc) is 2.16. The van der Waals surface area contributed by atoms with Gasteiger partial charge < -0.3 is 5.11 Å². The van der Waals surface area contributed by atoms with Crippen LogP contribution in [-0.4, -0.2) is 10.1 Å². The van der Waals surface area contributed by atoms with E-state index < -0.39 is 13.0 Å². The zero-order chi connectivity index (χ0) is 10.7. The first-order chi connectivity index (χ1) is 6.60. The Morgan fingerprint density at radius 3 is 2.71 bits per heavy atom. The van der Waals surface area contributed by atoms with Gasteiger partial charge in [-0.25, -0.2) is 13.8 Å². The molecule has 0 saturated heterocycles. The van der Waals surface area contributed by atoms with Crippen molar-refractivity contribution in [1.29, 1.82) is 5.26 Å². The van der Waals surface area contributed by atoms with Crippen molar-refractivity contribution in [1.82, 2.24) is 4.98 Å². The van der Waals surface area contributed by atoms with Crippen molar-refractivity contribution in [2.75, 3.05) is 0 Å². The predicted molar refractivity (Wildman–Crippen MR) is 47.5 cm³/mol. The summed E-state index contributed by atoms with van der Waals surface area (Å²) in [4.78, 5) is 3.65. The van der Waals surface area contributed by atoms with Gasteiger partial charge in [-0.15, -0.1) is 0 Å². The third-order valence-electron chi connectivity index (χ3n) is 1.59. The lowest BCUT2D eigenvalue weighted by atomic mass is 10.1. The van der Waals surface area contributed by atoms with Gasteiger partial charge in [0.25, 0.3) is 6.43 Å². The maximum Gasteiger partial charge on any atom is 0.266 e. The molecule has 0 aliphatic heterocycles. The minimum Gasteiger partial charge on any atom is -0.390 e. The van der Waals surface area contributed by atoms with E-state index in [1.165, 1.54) is 0 Å². The van der Waals surface area contributed by atoms with Gasteiger partial charge in [0.05, 0.1) is 23.4 Å². The van der Waals surface area contributed by atoms with Crippen LogP contribution in [0.4, 0.5) is 8.78 Å². The molecule has 0 aliphatic carbocycles. The highest BCUT2D eigenvalue weighted by Crippen LogP contribution is 2.27. The van der Waals surface area contributed by atoms with E-state index in [1.54, 1.807) is 6.07 Å². The third-order valence-corrected chi connectivity index (χ3v) is 2.22. The minimum absolute atomic E-state index is 0.0361. The largest absolute Gasteiger partial charge is 0.390 e. The standard InChI is InChI=1S/C8H5BrF2N2O/c9-7-5(8(10)11)1-4(2-12)6(3-14)13-7/h1,8,14H,3H2. The zero-order valence-corrected chi connectivity index (χ0v) is 8.42. The highest BCUT2D eigenvalue weighted by molar-refractivity contribution is 9.10. The van der Waals surface area contributed by atoms with Crippen molar-refractivity contribution < 1.29 is 13.9 Å². The number of nitriles is 1. The lowest BCUT2D eigenvalue weighted by Gasteiger charge is -2.05. The summed E-state index contributed by atoms with van der Waals surface area (Å²) in [6.45, 7) is -0.453. The van der Waals surface area contributed by atoms with E-state index in [0.29, 0.717) is 0 Å². The minimum atomic E-state index is -2.70. The Bertz CT molecular complexity index is 390. The van der Waals surface area contributed by atoms with Crippen LogP contribution in [0.1, 0.15) is 23.2 Å². The fraction of sp³-hybridized carbons (Fsp3) is 0.250. The van der Waals surface area contributed by atoms with E-state index >= 15 is 0 Å². The quantitative estimate of drug-likeness (QED) is 0.831. The molecule has 74 valence electrons. The van der Waals surface area contributed by atoms with Crippen LogP contribution in [0.3, 0.4) is 0 Å². The summed E-state index contributed by atoms with van der Waals surface area (Å²) < 4.78 is 24.6. The number of aromatic nitrogens is 1. The SMILES string of the molecule is N#Cc1cc(C(F)F)c(Br)nc1CO. The van der Waals surface area contributed by atoms with Gasteiger partial charge in [-0.05, 0) is 22.0 Å². The first-order valence-corrected chi connectivity index (χ1v) is 4.38. The van der Waals surface area contributed by atoms with Crippen LogP contribution in [0.25, 0.3) is 0 Å². The topological polar surface area (TPSA) is 56.9 Å². The van der Waals surface area contributed by atoms with Gasteiger partial charge in [0.2, 0.25) is 0 Å². The van der Waals surface area contributed by atoms with E-state index in [9.17, 15) is 8.78 Å². The van der Waals surface area contributed by atoms with Gasteiger partial charge >= 0.3 is 0 Å². The molecule has 6 heteroatoms. The molecular weight excluding hydrogens is 258 g/mol. The molecule has 3 nitrogen and oxygen atoms in total. The zero-order valence-electron chi connectivity index (χ0n) is 6.84. The molecule has 0 aliphatic rings. The predicted octanol–water partition coefficient (Wildman–Crippen LogP) is 2.15. The molecule has 1 heterocycles. The summed E-state index contributed by atoms with van der Waals surface area (Å²) in [7, 11) is 0. The fourth-order valence-corrected chi connectivity index (χ4v) is 1.41. The van der Waals surface area contributed by atoms with Crippen LogP contribution >= 0.6 is 15.9 Å². The molecule has 14 heavy (non-hydrogen) atoms. The van der Waals surface area contributed by atoms with E-state index in [2.05, 4.69) is 20.9 Å². The van der Waals surface area contributed by atoms with Crippen LogP contribution in [0.5, 0.6) is 0 Å². The van der Waals surface area contributed by atoms with Gasteiger partial charge in [-0.3, -0.25) is 0 Å². The van der Waals surface area contributed by atoms with Crippen molar-refractivity contribution in [3.05, 3.63) is 27.5 Å². The molecule has 1 rings (SSSR count). The van der Waals surface area contributed by atoms with Crippen molar-refractivity contribution in [2.24, 2.45) is 0 Å². The lowest BCUT2D eigenvalue weighted by molar-refractivity contribution is 0.149. The van der Waals surface area contributed by atoms with Crippen molar-refractivity contribution in [3.8, 4) is 6.07 Å². The van der Waals surface area contributed by atoms with Gasteiger partial charge in [-0.1, -0.05) is 0 Å². The number of alkyl halides is 2. The second kappa shape index (κ2) is 4.44. The smallest absolute Gasteiger partial charge is 0.266 e. The molecule has 0 aromatic carbocycles. The van der Waals surface area contributed by atoms with Gasteiger partial charge in [0.15, 0.2) is 0 Å². The fourth-order valence-electron chi connectivity index (χ4n) is 0.912. The Kier molecular flexibility index (Phi) is 3.49. The summed E-state index contributed by atoms with van der Waals surface area (Å²) in [6, 6.07) is 2.71. The van der Waals surface area contributed by atoms with Gasteiger partial charge in [0.1, 0.15) is 10.7 Å². The number of aliphatic hydroxyl groups is 1. The number of hydrogen-bond donors (Lipinski definition) is 1. The molecule has 1 aromatic heterocycles. The van der Waals surface area contributed by atoms with Crippen molar-refractivity contribution in [3.63, 3.8) is 0 Å². The Hall–Kier alpha value is -1.06.